The van der Waals surface area contributed by atoms with E-state index in [4.69, 9.17) is 4.74 Å². The SMILES string of the molecule is CC1(C)Oc2cc([N+](=O)[O-])ccc2C[C@H]1O. The summed E-state index contributed by atoms with van der Waals surface area (Å²) < 4.78 is 5.57. The van der Waals surface area contributed by atoms with Crippen molar-refractivity contribution >= 4 is 5.69 Å². The van der Waals surface area contributed by atoms with Crippen molar-refractivity contribution in [2.75, 3.05) is 0 Å². The molecule has 0 amide bonds. The number of nitro benzene ring substituents is 1. The van der Waals surface area contributed by atoms with Gasteiger partial charge in [0.2, 0.25) is 0 Å². The number of ether oxygens (including phenoxy) is 1. The molecule has 0 saturated carbocycles. The fourth-order valence-corrected chi connectivity index (χ4v) is 1.73. The first-order valence-corrected chi connectivity index (χ1v) is 5.04. The molecule has 0 unspecified atom stereocenters. The van der Waals surface area contributed by atoms with Crippen molar-refractivity contribution in [2.24, 2.45) is 0 Å². The maximum atomic E-state index is 10.6. The van der Waals surface area contributed by atoms with Gasteiger partial charge in [-0.2, -0.15) is 0 Å². The monoisotopic (exact) mass is 223 g/mol. The third kappa shape index (κ3) is 1.74. The van der Waals surface area contributed by atoms with E-state index >= 15 is 0 Å². The average Bonchev–Trinajstić information content (AvgIpc) is 2.18. The Hall–Kier alpha value is -1.62. The highest BCUT2D eigenvalue weighted by atomic mass is 16.6. The fraction of sp³-hybridized carbons (Fsp3) is 0.455. The first-order valence-electron chi connectivity index (χ1n) is 5.04. The molecule has 1 heterocycles. The first kappa shape index (κ1) is 10.9. The van der Waals surface area contributed by atoms with Gasteiger partial charge in [0, 0.05) is 12.5 Å². The predicted molar refractivity (Wildman–Crippen MR) is 57.5 cm³/mol. The zero-order chi connectivity index (χ0) is 11.9. The molecule has 2 rings (SSSR count). The van der Waals surface area contributed by atoms with Crippen LogP contribution in [0, 0.1) is 10.1 Å². The molecule has 86 valence electrons. The Labute approximate surface area is 92.8 Å². The molecular weight excluding hydrogens is 210 g/mol. The van der Waals surface area contributed by atoms with Crippen LogP contribution < -0.4 is 4.74 Å². The van der Waals surface area contributed by atoms with E-state index in [-0.39, 0.29) is 5.69 Å². The minimum Gasteiger partial charge on any atom is -0.485 e. The molecule has 1 atom stereocenters. The lowest BCUT2D eigenvalue weighted by Gasteiger charge is -2.36. The van der Waals surface area contributed by atoms with Gasteiger partial charge >= 0.3 is 0 Å². The summed E-state index contributed by atoms with van der Waals surface area (Å²) >= 11 is 0. The average molecular weight is 223 g/mol. The number of non-ortho nitro benzene ring substituents is 1. The summed E-state index contributed by atoms with van der Waals surface area (Å²) in [6.07, 6.45) is -0.137. The summed E-state index contributed by atoms with van der Waals surface area (Å²) in [4.78, 5) is 10.2. The van der Waals surface area contributed by atoms with Gasteiger partial charge in [-0.05, 0) is 25.5 Å². The highest BCUT2D eigenvalue weighted by Gasteiger charge is 2.36. The van der Waals surface area contributed by atoms with E-state index in [0.717, 1.165) is 5.56 Å². The number of benzene rings is 1. The van der Waals surface area contributed by atoms with Gasteiger partial charge in [0.05, 0.1) is 17.1 Å². The standard InChI is InChI=1S/C11H13NO4/c1-11(2)10(13)5-7-3-4-8(12(14)15)6-9(7)16-11/h3-4,6,10,13H,5H2,1-2H3/t10-/m1/s1. The Morgan fingerprint density at radius 2 is 2.25 bits per heavy atom. The summed E-state index contributed by atoms with van der Waals surface area (Å²) in [5.41, 5.74) is 0.103. The van der Waals surface area contributed by atoms with Crippen LogP contribution in [0.15, 0.2) is 18.2 Å². The molecule has 5 heteroatoms. The summed E-state index contributed by atoms with van der Waals surface area (Å²) in [7, 11) is 0. The maximum Gasteiger partial charge on any atom is 0.273 e. The molecule has 0 radical (unpaired) electrons. The van der Waals surface area contributed by atoms with Gasteiger partial charge in [-0.15, -0.1) is 0 Å². The zero-order valence-electron chi connectivity index (χ0n) is 9.14. The van der Waals surface area contributed by atoms with E-state index in [1.807, 2.05) is 0 Å². The lowest BCUT2D eigenvalue weighted by molar-refractivity contribution is -0.385. The van der Waals surface area contributed by atoms with Gasteiger partial charge in [-0.3, -0.25) is 10.1 Å². The van der Waals surface area contributed by atoms with E-state index < -0.39 is 16.6 Å². The van der Waals surface area contributed by atoms with Gasteiger partial charge in [0.25, 0.3) is 5.69 Å². The largest absolute Gasteiger partial charge is 0.485 e. The van der Waals surface area contributed by atoms with Gasteiger partial charge in [0.15, 0.2) is 0 Å². The van der Waals surface area contributed by atoms with Crippen molar-refractivity contribution in [3.63, 3.8) is 0 Å². The molecule has 1 aromatic carbocycles. The fourth-order valence-electron chi connectivity index (χ4n) is 1.73. The van der Waals surface area contributed by atoms with Crippen molar-refractivity contribution < 1.29 is 14.8 Å². The maximum absolute atomic E-state index is 10.6. The molecule has 0 bridgehead atoms. The van der Waals surface area contributed by atoms with Crippen molar-refractivity contribution in [3.8, 4) is 5.75 Å². The Morgan fingerprint density at radius 3 is 2.88 bits per heavy atom. The third-order valence-electron chi connectivity index (χ3n) is 2.85. The summed E-state index contributed by atoms with van der Waals surface area (Å²) in [5.74, 6) is 0.490. The van der Waals surface area contributed by atoms with Crippen molar-refractivity contribution in [2.45, 2.75) is 32.0 Å². The molecule has 1 aromatic rings. The van der Waals surface area contributed by atoms with Crippen LogP contribution in [0.1, 0.15) is 19.4 Å². The topological polar surface area (TPSA) is 72.6 Å². The van der Waals surface area contributed by atoms with E-state index in [1.165, 1.54) is 12.1 Å². The number of hydrogen-bond donors (Lipinski definition) is 1. The third-order valence-corrected chi connectivity index (χ3v) is 2.85. The van der Waals surface area contributed by atoms with Crippen LogP contribution in [0.2, 0.25) is 0 Å². The minimum atomic E-state index is -0.706. The summed E-state index contributed by atoms with van der Waals surface area (Å²) in [6, 6.07) is 4.46. The lowest BCUT2D eigenvalue weighted by Crippen LogP contribution is -2.46. The molecule has 16 heavy (non-hydrogen) atoms. The smallest absolute Gasteiger partial charge is 0.273 e. The first-order chi connectivity index (χ1) is 7.40. The van der Waals surface area contributed by atoms with Crippen LogP contribution in [0.4, 0.5) is 5.69 Å². The molecule has 0 aromatic heterocycles. The molecule has 1 N–H and O–H groups in total. The van der Waals surface area contributed by atoms with E-state index in [1.54, 1.807) is 19.9 Å². The van der Waals surface area contributed by atoms with Gasteiger partial charge in [-0.1, -0.05) is 0 Å². The Kier molecular flexibility index (Phi) is 2.35. The lowest BCUT2D eigenvalue weighted by atomic mass is 9.91. The van der Waals surface area contributed by atoms with E-state index in [0.29, 0.717) is 12.2 Å². The van der Waals surface area contributed by atoms with Crippen LogP contribution in [0.3, 0.4) is 0 Å². The Bertz CT molecular complexity index is 442. The highest BCUT2D eigenvalue weighted by molar-refractivity contribution is 5.46. The molecule has 1 aliphatic heterocycles. The number of aliphatic hydroxyl groups is 1. The Morgan fingerprint density at radius 1 is 1.56 bits per heavy atom. The van der Waals surface area contributed by atoms with Crippen LogP contribution >= 0.6 is 0 Å². The number of nitro groups is 1. The normalized spacial score (nSPS) is 22.1. The van der Waals surface area contributed by atoms with Crippen molar-refractivity contribution in [1.82, 2.24) is 0 Å². The molecule has 0 saturated heterocycles. The highest BCUT2D eigenvalue weighted by Crippen LogP contribution is 2.35. The molecular formula is C11H13NO4. The number of rotatable bonds is 1. The number of nitrogens with zero attached hydrogens (tertiary/aromatic N) is 1. The molecule has 5 nitrogen and oxygen atoms in total. The van der Waals surface area contributed by atoms with Crippen LogP contribution in [0.25, 0.3) is 0 Å². The van der Waals surface area contributed by atoms with Crippen molar-refractivity contribution in [1.29, 1.82) is 0 Å². The molecule has 1 aliphatic rings. The van der Waals surface area contributed by atoms with Crippen LogP contribution in [0.5, 0.6) is 5.75 Å². The van der Waals surface area contributed by atoms with Crippen LogP contribution in [-0.4, -0.2) is 21.7 Å². The van der Waals surface area contributed by atoms with E-state index in [2.05, 4.69) is 0 Å². The van der Waals surface area contributed by atoms with Gasteiger partial charge < -0.3 is 9.84 Å². The number of fused-ring (bicyclic) bond motifs is 1. The van der Waals surface area contributed by atoms with E-state index in [9.17, 15) is 15.2 Å². The second kappa shape index (κ2) is 3.45. The van der Waals surface area contributed by atoms with Crippen molar-refractivity contribution in [3.05, 3.63) is 33.9 Å². The molecule has 0 aliphatic carbocycles. The molecule has 0 fully saturated rings. The Balaban J connectivity index is 2.42. The number of hydrogen-bond acceptors (Lipinski definition) is 4. The zero-order valence-corrected chi connectivity index (χ0v) is 9.14. The summed E-state index contributed by atoms with van der Waals surface area (Å²) in [6.45, 7) is 3.53. The summed E-state index contributed by atoms with van der Waals surface area (Å²) in [5, 5.41) is 20.4. The second-order valence-electron chi connectivity index (χ2n) is 4.47. The van der Waals surface area contributed by atoms with Gasteiger partial charge in [-0.25, -0.2) is 0 Å². The predicted octanol–water partition coefficient (Wildman–Crippen LogP) is 1.67. The van der Waals surface area contributed by atoms with Crippen LogP contribution in [-0.2, 0) is 6.42 Å². The second-order valence-corrected chi connectivity index (χ2v) is 4.47. The number of aliphatic hydroxyl groups excluding tert-OH is 1. The molecule has 0 spiro atoms. The quantitative estimate of drug-likeness (QED) is 0.580. The minimum absolute atomic E-state index is 0.00550. The van der Waals surface area contributed by atoms with Gasteiger partial charge in [0.1, 0.15) is 11.4 Å².